The average molecular weight is 305 g/mol. The molecule has 0 saturated carbocycles. The number of anilines is 3. The van der Waals surface area contributed by atoms with Crippen LogP contribution in [0.4, 0.5) is 17.1 Å². The maximum absolute atomic E-state index is 5.62. The maximum atomic E-state index is 5.62. The molecule has 0 N–H and O–H groups in total. The van der Waals surface area contributed by atoms with Crippen LogP contribution in [0.15, 0.2) is 78.9 Å². The summed E-state index contributed by atoms with van der Waals surface area (Å²) in [7, 11) is 3.31. The lowest BCUT2D eigenvalue weighted by atomic mass is 10.1. The first-order chi connectivity index (χ1) is 11.3. The van der Waals surface area contributed by atoms with Gasteiger partial charge in [0.15, 0.2) is 11.5 Å². The third-order valence-corrected chi connectivity index (χ3v) is 3.65. The van der Waals surface area contributed by atoms with Gasteiger partial charge in [-0.25, -0.2) is 0 Å². The lowest BCUT2D eigenvalue weighted by molar-refractivity contribution is 0.356. The fraction of sp³-hybridized carbons (Fsp3) is 0.100. The van der Waals surface area contributed by atoms with Gasteiger partial charge in [0.05, 0.1) is 19.9 Å². The molecule has 3 aromatic carbocycles. The monoisotopic (exact) mass is 305 g/mol. The Labute approximate surface area is 136 Å². The van der Waals surface area contributed by atoms with E-state index in [0.29, 0.717) is 11.5 Å². The van der Waals surface area contributed by atoms with Gasteiger partial charge in [0.25, 0.3) is 0 Å². The van der Waals surface area contributed by atoms with Crippen molar-refractivity contribution in [2.75, 3.05) is 19.1 Å². The van der Waals surface area contributed by atoms with Crippen LogP contribution in [0.1, 0.15) is 0 Å². The predicted molar refractivity (Wildman–Crippen MR) is 94.2 cm³/mol. The second-order valence-corrected chi connectivity index (χ2v) is 5.02. The minimum atomic E-state index is 0.710. The SMILES string of the molecule is COc1cccc(N(c2ccccc2)c2ccccc2)c1OC. The second kappa shape index (κ2) is 6.88. The first-order valence-electron chi connectivity index (χ1n) is 7.46. The molecular formula is C20H19NO2. The summed E-state index contributed by atoms with van der Waals surface area (Å²) in [4.78, 5) is 2.15. The van der Waals surface area contributed by atoms with Crippen molar-refractivity contribution >= 4 is 17.1 Å². The highest BCUT2D eigenvalue weighted by molar-refractivity contribution is 5.81. The molecule has 0 aromatic heterocycles. The molecule has 0 fully saturated rings. The van der Waals surface area contributed by atoms with E-state index in [4.69, 9.17) is 9.47 Å². The third-order valence-electron chi connectivity index (χ3n) is 3.65. The van der Waals surface area contributed by atoms with Gasteiger partial charge < -0.3 is 14.4 Å². The number of methoxy groups -OCH3 is 2. The molecule has 3 rings (SSSR count). The molecule has 0 radical (unpaired) electrons. The summed E-state index contributed by atoms with van der Waals surface area (Å²) in [6.07, 6.45) is 0. The highest BCUT2D eigenvalue weighted by Gasteiger charge is 2.18. The van der Waals surface area contributed by atoms with Crippen molar-refractivity contribution < 1.29 is 9.47 Å². The molecule has 23 heavy (non-hydrogen) atoms. The van der Waals surface area contributed by atoms with Crippen LogP contribution in [0.5, 0.6) is 11.5 Å². The van der Waals surface area contributed by atoms with Crippen molar-refractivity contribution in [3.8, 4) is 11.5 Å². The van der Waals surface area contributed by atoms with E-state index in [9.17, 15) is 0 Å². The minimum Gasteiger partial charge on any atom is -0.493 e. The summed E-state index contributed by atoms with van der Waals surface area (Å²) in [5.74, 6) is 1.42. The van der Waals surface area contributed by atoms with Crippen LogP contribution in [0.3, 0.4) is 0 Å². The molecule has 0 unspecified atom stereocenters. The van der Waals surface area contributed by atoms with Crippen LogP contribution in [0, 0.1) is 0 Å². The van der Waals surface area contributed by atoms with Crippen molar-refractivity contribution in [2.45, 2.75) is 0 Å². The fourth-order valence-corrected chi connectivity index (χ4v) is 2.63. The van der Waals surface area contributed by atoms with Crippen molar-refractivity contribution in [3.63, 3.8) is 0 Å². The van der Waals surface area contributed by atoms with Crippen molar-refractivity contribution in [3.05, 3.63) is 78.9 Å². The van der Waals surface area contributed by atoms with Crippen molar-refractivity contribution in [1.82, 2.24) is 0 Å². The van der Waals surface area contributed by atoms with E-state index < -0.39 is 0 Å². The van der Waals surface area contributed by atoms with Gasteiger partial charge in [0, 0.05) is 11.4 Å². The van der Waals surface area contributed by atoms with Gasteiger partial charge in [-0.15, -0.1) is 0 Å². The summed E-state index contributed by atoms with van der Waals surface area (Å²) < 4.78 is 11.1. The van der Waals surface area contributed by atoms with Gasteiger partial charge in [0.2, 0.25) is 0 Å². The van der Waals surface area contributed by atoms with Gasteiger partial charge in [-0.3, -0.25) is 0 Å². The zero-order valence-electron chi connectivity index (χ0n) is 13.3. The summed E-state index contributed by atoms with van der Waals surface area (Å²) in [6, 6.07) is 26.3. The number of rotatable bonds is 5. The van der Waals surface area contributed by atoms with Gasteiger partial charge in [0.1, 0.15) is 0 Å². The molecule has 0 atom stereocenters. The summed E-state index contributed by atoms with van der Waals surface area (Å²) in [6.45, 7) is 0. The zero-order valence-corrected chi connectivity index (χ0v) is 13.3. The number of nitrogens with zero attached hydrogens (tertiary/aromatic N) is 1. The number of hydrogen-bond donors (Lipinski definition) is 0. The minimum absolute atomic E-state index is 0.710. The van der Waals surface area contributed by atoms with Crippen molar-refractivity contribution in [1.29, 1.82) is 0 Å². The van der Waals surface area contributed by atoms with E-state index in [1.54, 1.807) is 14.2 Å². The summed E-state index contributed by atoms with van der Waals surface area (Å²) in [5.41, 5.74) is 3.06. The topological polar surface area (TPSA) is 21.7 Å². The normalized spacial score (nSPS) is 10.2. The van der Waals surface area contributed by atoms with E-state index >= 15 is 0 Å². The smallest absolute Gasteiger partial charge is 0.184 e. The molecule has 0 aliphatic carbocycles. The molecule has 116 valence electrons. The first kappa shape index (κ1) is 15.0. The highest BCUT2D eigenvalue weighted by atomic mass is 16.5. The largest absolute Gasteiger partial charge is 0.493 e. The van der Waals surface area contributed by atoms with E-state index in [-0.39, 0.29) is 0 Å². The quantitative estimate of drug-likeness (QED) is 0.649. The van der Waals surface area contributed by atoms with E-state index in [1.165, 1.54) is 0 Å². The van der Waals surface area contributed by atoms with Crippen LogP contribution in [-0.2, 0) is 0 Å². The third kappa shape index (κ3) is 2.99. The number of benzene rings is 3. The Morgan fingerprint density at radius 1 is 0.609 bits per heavy atom. The number of ether oxygens (including phenoxy) is 2. The van der Waals surface area contributed by atoms with Gasteiger partial charge in [-0.05, 0) is 36.4 Å². The molecule has 0 aliphatic heterocycles. The van der Waals surface area contributed by atoms with Crippen LogP contribution >= 0.6 is 0 Å². The Bertz CT molecular complexity index is 718. The molecule has 0 saturated heterocycles. The molecular weight excluding hydrogens is 286 g/mol. The Morgan fingerprint density at radius 2 is 1.17 bits per heavy atom. The van der Waals surface area contributed by atoms with Crippen LogP contribution in [0.25, 0.3) is 0 Å². The summed E-state index contributed by atoms with van der Waals surface area (Å²) in [5, 5.41) is 0. The Balaban J connectivity index is 2.21. The molecule has 0 heterocycles. The van der Waals surface area contributed by atoms with Gasteiger partial charge >= 0.3 is 0 Å². The second-order valence-electron chi connectivity index (χ2n) is 5.02. The number of para-hydroxylation sites is 3. The lowest BCUT2D eigenvalue weighted by Gasteiger charge is -2.27. The number of hydrogen-bond acceptors (Lipinski definition) is 3. The molecule has 0 aliphatic rings. The van der Waals surface area contributed by atoms with Gasteiger partial charge in [-0.2, -0.15) is 0 Å². The van der Waals surface area contributed by atoms with E-state index in [0.717, 1.165) is 17.1 Å². The van der Waals surface area contributed by atoms with Gasteiger partial charge in [-0.1, -0.05) is 42.5 Å². The highest BCUT2D eigenvalue weighted by Crippen LogP contribution is 2.44. The lowest BCUT2D eigenvalue weighted by Crippen LogP contribution is -2.11. The standard InChI is InChI=1S/C20H19NO2/c1-22-19-15-9-14-18(20(19)23-2)21(16-10-5-3-6-11-16)17-12-7-4-8-13-17/h3-15H,1-2H3. The Kier molecular flexibility index (Phi) is 4.48. The molecule has 0 amide bonds. The molecule has 3 aromatic rings. The zero-order chi connectivity index (χ0) is 16.1. The van der Waals surface area contributed by atoms with E-state index in [1.807, 2.05) is 54.6 Å². The fourth-order valence-electron chi connectivity index (χ4n) is 2.63. The first-order valence-corrected chi connectivity index (χ1v) is 7.46. The van der Waals surface area contributed by atoms with Crippen molar-refractivity contribution in [2.24, 2.45) is 0 Å². The van der Waals surface area contributed by atoms with E-state index in [2.05, 4.69) is 29.2 Å². The average Bonchev–Trinajstić information content (AvgIpc) is 2.63. The van der Waals surface area contributed by atoms with Crippen LogP contribution in [-0.4, -0.2) is 14.2 Å². The van der Waals surface area contributed by atoms with Crippen LogP contribution < -0.4 is 14.4 Å². The predicted octanol–water partition coefficient (Wildman–Crippen LogP) is 5.17. The Hall–Kier alpha value is -2.94. The molecule has 0 spiro atoms. The summed E-state index contributed by atoms with van der Waals surface area (Å²) >= 11 is 0. The van der Waals surface area contributed by atoms with Crippen LogP contribution in [0.2, 0.25) is 0 Å². The molecule has 0 bridgehead atoms. The maximum Gasteiger partial charge on any atom is 0.184 e. The Morgan fingerprint density at radius 3 is 1.65 bits per heavy atom. The molecule has 3 nitrogen and oxygen atoms in total. The molecule has 3 heteroatoms.